The minimum Gasteiger partial charge on any atom is -0.480 e. The van der Waals surface area contributed by atoms with E-state index in [-0.39, 0.29) is 10.3 Å². The van der Waals surface area contributed by atoms with Gasteiger partial charge in [0.15, 0.2) is 0 Å². The highest BCUT2D eigenvalue weighted by molar-refractivity contribution is 7.89. The van der Waals surface area contributed by atoms with Gasteiger partial charge in [0.1, 0.15) is 10.9 Å². The van der Waals surface area contributed by atoms with Crippen LogP contribution < -0.4 is 5.32 Å². The average Bonchev–Trinajstić information content (AvgIpc) is 3.12. The molecule has 2 saturated heterocycles. The lowest BCUT2D eigenvalue weighted by Gasteiger charge is -2.38. The van der Waals surface area contributed by atoms with E-state index in [1.54, 1.807) is 11.6 Å². The highest BCUT2D eigenvalue weighted by Crippen LogP contribution is 2.40. The van der Waals surface area contributed by atoms with Crippen molar-refractivity contribution in [3.8, 4) is 0 Å². The molecule has 1 atom stereocenters. The summed E-state index contributed by atoms with van der Waals surface area (Å²) in [6.45, 7) is 5.82. The van der Waals surface area contributed by atoms with Crippen molar-refractivity contribution < 1.29 is 18.3 Å². The number of rotatable bonds is 4. The van der Waals surface area contributed by atoms with Gasteiger partial charge in [-0.2, -0.15) is 9.40 Å². The minimum atomic E-state index is -3.54. The predicted octanol–water partition coefficient (Wildman–Crippen LogP) is 0.429. The van der Waals surface area contributed by atoms with Crippen molar-refractivity contribution in [2.24, 2.45) is 5.41 Å². The van der Waals surface area contributed by atoms with E-state index in [0.717, 1.165) is 0 Å². The van der Waals surface area contributed by atoms with Gasteiger partial charge in [0.05, 0.1) is 11.9 Å². The Kier molecular flexibility index (Phi) is 4.43. The Hall–Kier alpha value is -1.45. The third-order valence-corrected chi connectivity index (χ3v) is 7.42. The Morgan fingerprint density at radius 2 is 2.12 bits per heavy atom. The number of aliphatic carboxylic acids is 1. The first-order valence-corrected chi connectivity index (χ1v) is 9.72. The molecule has 2 aliphatic rings. The van der Waals surface area contributed by atoms with E-state index >= 15 is 0 Å². The largest absolute Gasteiger partial charge is 0.480 e. The topological polar surface area (TPSA) is 105 Å². The lowest BCUT2D eigenvalue weighted by molar-refractivity contribution is -0.139. The van der Waals surface area contributed by atoms with E-state index in [2.05, 4.69) is 10.4 Å². The molecule has 0 bridgehead atoms. The van der Waals surface area contributed by atoms with E-state index in [1.807, 2.05) is 6.92 Å². The second kappa shape index (κ2) is 6.12. The molecular weight excluding hydrogens is 332 g/mol. The summed E-state index contributed by atoms with van der Waals surface area (Å²) in [6, 6.07) is -0.516. The number of aryl methyl sites for hydroxylation is 1. The van der Waals surface area contributed by atoms with Gasteiger partial charge < -0.3 is 10.4 Å². The van der Waals surface area contributed by atoms with Gasteiger partial charge in [0, 0.05) is 26.2 Å². The molecule has 0 aromatic carbocycles. The van der Waals surface area contributed by atoms with E-state index < -0.39 is 22.0 Å². The zero-order chi connectivity index (χ0) is 17.5. The van der Waals surface area contributed by atoms with Gasteiger partial charge in [-0.1, -0.05) is 0 Å². The van der Waals surface area contributed by atoms with Crippen LogP contribution in [0.5, 0.6) is 0 Å². The van der Waals surface area contributed by atoms with Crippen LogP contribution in [0.3, 0.4) is 0 Å². The fourth-order valence-corrected chi connectivity index (χ4v) is 5.41. The molecule has 2 N–H and O–H groups in total. The van der Waals surface area contributed by atoms with E-state index in [0.29, 0.717) is 51.1 Å². The first kappa shape index (κ1) is 17.4. The summed E-state index contributed by atoms with van der Waals surface area (Å²) in [5.41, 5.74) is 0.559. The van der Waals surface area contributed by atoms with Crippen molar-refractivity contribution in [1.82, 2.24) is 19.4 Å². The first-order chi connectivity index (χ1) is 11.3. The summed E-state index contributed by atoms with van der Waals surface area (Å²) in [7, 11) is -3.54. The number of carbonyl (C=O) groups is 1. The molecule has 0 aliphatic carbocycles. The van der Waals surface area contributed by atoms with Gasteiger partial charge in [-0.25, -0.2) is 8.42 Å². The van der Waals surface area contributed by atoms with Crippen molar-refractivity contribution in [2.75, 3.05) is 19.6 Å². The number of hydrogen-bond acceptors (Lipinski definition) is 5. The Balaban J connectivity index is 1.72. The maximum atomic E-state index is 12.9. The first-order valence-electron chi connectivity index (χ1n) is 8.28. The van der Waals surface area contributed by atoms with Crippen molar-refractivity contribution in [3.05, 3.63) is 11.9 Å². The van der Waals surface area contributed by atoms with Gasteiger partial charge in [-0.3, -0.25) is 9.48 Å². The van der Waals surface area contributed by atoms with Crippen LogP contribution in [0, 0.1) is 12.3 Å². The maximum Gasteiger partial charge on any atom is 0.320 e. The van der Waals surface area contributed by atoms with Gasteiger partial charge in [0.2, 0.25) is 10.0 Å². The molecule has 1 unspecified atom stereocenters. The molecule has 9 heteroatoms. The average molecular weight is 356 g/mol. The van der Waals surface area contributed by atoms with Crippen molar-refractivity contribution in [2.45, 2.75) is 50.6 Å². The highest BCUT2D eigenvalue weighted by atomic mass is 32.2. The van der Waals surface area contributed by atoms with Gasteiger partial charge in [-0.15, -0.1) is 0 Å². The Labute approximate surface area is 141 Å². The third kappa shape index (κ3) is 2.84. The SMILES string of the molecule is CCn1ncc(S(=O)(=O)N2CCC3(CC2)CNC(C(=O)O)C3)c1C. The third-order valence-electron chi connectivity index (χ3n) is 5.42. The highest BCUT2D eigenvalue weighted by Gasteiger charge is 2.45. The van der Waals surface area contributed by atoms with Crippen LogP contribution in [0.2, 0.25) is 0 Å². The smallest absolute Gasteiger partial charge is 0.320 e. The normalized spacial score (nSPS) is 24.5. The van der Waals surface area contributed by atoms with Crippen LogP contribution in [-0.4, -0.2) is 59.3 Å². The van der Waals surface area contributed by atoms with Crippen LogP contribution >= 0.6 is 0 Å². The van der Waals surface area contributed by atoms with Gasteiger partial charge in [0.25, 0.3) is 0 Å². The molecule has 1 aromatic heterocycles. The number of piperidine rings is 1. The fourth-order valence-electron chi connectivity index (χ4n) is 3.81. The molecule has 1 aromatic rings. The van der Waals surface area contributed by atoms with Crippen molar-refractivity contribution >= 4 is 16.0 Å². The predicted molar refractivity (Wildman–Crippen MR) is 87.1 cm³/mol. The molecule has 3 rings (SSSR count). The van der Waals surface area contributed by atoms with Crippen molar-refractivity contribution in [1.29, 1.82) is 0 Å². The zero-order valence-electron chi connectivity index (χ0n) is 14.0. The van der Waals surface area contributed by atoms with Crippen LogP contribution in [-0.2, 0) is 21.4 Å². The molecule has 3 heterocycles. The minimum absolute atomic E-state index is 0.0995. The molecule has 0 amide bonds. The molecular formula is C15H24N4O4S. The molecule has 24 heavy (non-hydrogen) atoms. The molecule has 134 valence electrons. The molecule has 2 aliphatic heterocycles. The number of aromatic nitrogens is 2. The summed E-state index contributed by atoms with van der Waals surface area (Å²) in [5.74, 6) is -0.829. The number of hydrogen-bond donors (Lipinski definition) is 2. The Morgan fingerprint density at radius 3 is 2.62 bits per heavy atom. The summed E-state index contributed by atoms with van der Waals surface area (Å²) >= 11 is 0. The standard InChI is InChI=1S/C15H24N4O4S/c1-3-19-11(2)13(9-17-19)24(22,23)18-6-4-15(5-7-18)8-12(14(20)21)16-10-15/h9,12,16H,3-8,10H2,1-2H3,(H,20,21). The van der Waals surface area contributed by atoms with Crippen LogP contribution in [0.1, 0.15) is 31.9 Å². The molecule has 1 spiro atoms. The monoisotopic (exact) mass is 356 g/mol. The van der Waals surface area contributed by atoms with E-state index in [1.165, 1.54) is 10.5 Å². The molecule has 0 radical (unpaired) electrons. The Morgan fingerprint density at radius 1 is 1.46 bits per heavy atom. The Bertz CT molecular complexity index is 735. The molecule has 2 fully saturated rings. The van der Waals surface area contributed by atoms with E-state index in [4.69, 9.17) is 5.11 Å². The van der Waals surface area contributed by atoms with E-state index in [9.17, 15) is 13.2 Å². The lowest BCUT2D eigenvalue weighted by atomic mass is 9.77. The van der Waals surface area contributed by atoms with Crippen LogP contribution in [0.25, 0.3) is 0 Å². The summed E-state index contributed by atoms with van der Waals surface area (Å²) in [6.07, 6.45) is 3.37. The number of sulfonamides is 1. The quantitative estimate of drug-likeness (QED) is 0.811. The van der Waals surface area contributed by atoms with Crippen molar-refractivity contribution in [3.63, 3.8) is 0 Å². The fraction of sp³-hybridized carbons (Fsp3) is 0.733. The van der Waals surface area contributed by atoms with Crippen LogP contribution in [0.15, 0.2) is 11.1 Å². The second-order valence-electron chi connectivity index (χ2n) is 6.79. The second-order valence-corrected chi connectivity index (χ2v) is 8.70. The number of nitrogens with zero attached hydrogens (tertiary/aromatic N) is 3. The zero-order valence-corrected chi connectivity index (χ0v) is 14.8. The summed E-state index contributed by atoms with van der Waals surface area (Å²) in [4.78, 5) is 11.4. The summed E-state index contributed by atoms with van der Waals surface area (Å²) < 4.78 is 28.9. The number of carboxylic acid groups (broad SMARTS) is 1. The van der Waals surface area contributed by atoms with Gasteiger partial charge in [-0.05, 0) is 38.5 Å². The van der Waals surface area contributed by atoms with Gasteiger partial charge >= 0.3 is 5.97 Å². The summed E-state index contributed by atoms with van der Waals surface area (Å²) in [5, 5.41) is 16.3. The lowest BCUT2D eigenvalue weighted by Crippen LogP contribution is -2.44. The molecule has 8 nitrogen and oxygen atoms in total. The maximum absolute atomic E-state index is 12.9. The number of carboxylic acids is 1. The van der Waals surface area contributed by atoms with Crippen LogP contribution in [0.4, 0.5) is 0 Å². The number of nitrogens with one attached hydrogen (secondary N) is 1. The molecule has 0 saturated carbocycles.